The van der Waals surface area contributed by atoms with Crippen molar-refractivity contribution in [3.63, 3.8) is 0 Å². The molecular formula is C11H14F2N2O2. The molecule has 2 amide bonds. The third-order valence-electron chi connectivity index (χ3n) is 2.10. The molecule has 6 heteroatoms. The molecule has 1 aromatic carbocycles. The molecule has 17 heavy (non-hydrogen) atoms. The normalized spacial score (nSPS) is 12.0. The lowest BCUT2D eigenvalue weighted by atomic mass is 10.2. The van der Waals surface area contributed by atoms with Gasteiger partial charge in [-0.2, -0.15) is 0 Å². The summed E-state index contributed by atoms with van der Waals surface area (Å²) in [5, 5.41) is 13.5. The van der Waals surface area contributed by atoms with E-state index in [2.05, 4.69) is 10.6 Å². The first-order valence-corrected chi connectivity index (χ1v) is 5.12. The highest BCUT2D eigenvalue weighted by Gasteiger charge is 2.08. The van der Waals surface area contributed by atoms with Crippen LogP contribution in [0.4, 0.5) is 13.6 Å². The Bertz CT molecular complexity index is 399. The van der Waals surface area contributed by atoms with Crippen LogP contribution in [0.25, 0.3) is 0 Å². The Hall–Kier alpha value is -1.69. The Morgan fingerprint density at radius 2 is 2.18 bits per heavy atom. The fourth-order valence-corrected chi connectivity index (χ4v) is 1.17. The number of amides is 2. The molecule has 1 atom stereocenters. The molecule has 94 valence electrons. The summed E-state index contributed by atoms with van der Waals surface area (Å²) in [5.74, 6) is -1.14. The summed E-state index contributed by atoms with van der Waals surface area (Å²) in [6.07, 6.45) is 0. The van der Waals surface area contributed by atoms with Crippen LogP contribution in [0, 0.1) is 11.6 Å². The minimum absolute atomic E-state index is 0.0665. The minimum atomic E-state index is -0.582. The summed E-state index contributed by atoms with van der Waals surface area (Å²) >= 11 is 0. The summed E-state index contributed by atoms with van der Waals surface area (Å²) in [6.45, 7) is 1.30. The Morgan fingerprint density at radius 1 is 1.47 bits per heavy atom. The van der Waals surface area contributed by atoms with Gasteiger partial charge < -0.3 is 15.7 Å². The number of urea groups is 1. The maximum atomic E-state index is 13.2. The molecule has 0 spiro atoms. The zero-order valence-electron chi connectivity index (χ0n) is 9.34. The number of aliphatic hydroxyl groups excluding tert-OH is 1. The molecule has 1 rings (SSSR count). The van der Waals surface area contributed by atoms with E-state index in [1.54, 1.807) is 6.92 Å². The highest BCUT2D eigenvalue weighted by atomic mass is 19.1. The van der Waals surface area contributed by atoms with Crippen molar-refractivity contribution < 1.29 is 18.7 Å². The van der Waals surface area contributed by atoms with E-state index < -0.39 is 23.7 Å². The second-order valence-corrected chi connectivity index (χ2v) is 3.65. The van der Waals surface area contributed by atoms with Gasteiger partial charge in [0, 0.05) is 12.1 Å². The first-order chi connectivity index (χ1) is 8.02. The average molecular weight is 244 g/mol. The Morgan fingerprint density at radius 3 is 2.82 bits per heavy atom. The van der Waals surface area contributed by atoms with Gasteiger partial charge in [0.2, 0.25) is 0 Å². The van der Waals surface area contributed by atoms with Crippen molar-refractivity contribution in [2.75, 3.05) is 6.61 Å². The van der Waals surface area contributed by atoms with E-state index >= 15 is 0 Å². The van der Waals surface area contributed by atoms with Crippen LogP contribution in [0.5, 0.6) is 0 Å². The summed E-state index contributed by atoms with van der Waals surface area (Å²) in [4.78, 5) is 11.2. The number of aliphatic hydroxyl groups is 1. The van der Waals surface area contributed by atoms with E-state index in [1.165, 1.54) is 0 Å². The number of halogens is 2. The van der Waals surface area contributed by atoms with E-state index in [9.17, 15) is 13.6 Å². The second kappa shape index (κ2) is 6.15. The van der Waals surface area contributed by atoms with Crippen molar-refractivity contribution in [1.29, 1.82) is 0 Å². The Kier molecular flexibility index (Phi) is 4.84. The van der Waals surface area contributed by atoms with Crippen LogP contribution in [-0.2, 0) is 6.54 Å². The van der Waals surface area contributed by atoms with Gasteiger partial charge in [-0.05, 0) is 25.1 Å². The molecule has 0 aliphatic heterocycles. The largest absolute Gasteiger partial charge is 0.394 e. The highest BCUT2D eigenvalue weighted by molar-refractivity contribution is 5.74. The molecule has 0 saturated heterocycles. The van der Waals surface area contributed by atoms with Crippen LogP contribution < -0.4 is 10.6 Å². The quantitative estimate of drug-likeness (QED) is 0.744. The number of carbonyl (C=O) groups is 1. The van der Waals surface area contributed by atoms with Crippen molar-refractivity contribution in [2.24, 2.45) is 0 Å². The smallest absolute Gasteiger partial charge is 0.315 e. The van der Waals surface area contributed by atoms with Gasteiger partial charge in [0.15, 0.2) is 0 Å². The van der Waals surface area contributed by atoms with Gasteiger partial charge in [-0.25, -0.2) is 13.6 Å². The number of benzene rings is 1. The molecule has 0 aliphatic carbocycles. The number of hydrogen-bond donors (Lipinski definition) is 3. The minimum Gasteiger partial charge on any atom is -0.394 e. The molecular weight excluding hydrogens is 230 g/mol. The fraction of sp³-hybridized carbons (Fsp3) is 0.364. The van der Waals surface area contributed by atoms with Gasteiger partial charge in [0.05, 0.1) is 12.6 Å². The van der Waals surface area contributed by atoms with Crippen LogP contribution in [-0.4, -0.2) is 23.8 Å². The number of nitrogens with one attached hydrogen (secondary N) is 2. The molecule has 1 unspecified atom stereocenters. The fourth-order valence-electron chi connectivity index (χ4n) is 1.17. The molecule has 0 radical (unpaired) electrons. The van der Waals surface area contributed by atoms with Crippen LogP contribution >= 0.6 is 0 Å². The predicted molar refractivity (Wildman–Crippen MR) is 58.3 cm³/mol. The molecule has 1 aromatic rings. The number of carbonyl (C=O) groups excluding carboxylic acids is 1. The monoisotopic (exact) mass is 244 g/mol. The molecule has 0 fully saturated rings. The van der Waals surface area contributed by atoms with Crippen molar-refractivity contribution >= 4 is 6.03 Å². The van der Waals surface area contributed by atoms with Gasteiger partial charge in [0.25, 0.3) is 0 Å². The average Bonchev–Trinajstić information content (AvgIpc) is 2.30. The number of hydrogen-bond acceptors (Lipinski definition) is 2. The highest BCUT2D eigenvalue weighted by Crippen LogP contribution is 2.08. The first-order valence-electron chi connectivity index (χ1n) is 5.12. The summed E-state index contributed by atoms with van der Waals surface area (Å²) < 4.78 is 26.0. The molecule has 0 saturated carbocycles. The zero-order valence-corrected chi connectivity index (χ0v) is 9.34. The van der Waals surface area contributed by atoms with E-state index in [-0.39, 0.29) is 18.7 Å². The third-order valence-corrected chi connectivity index (χ3v) is 2.10. The molecule has 4 nitrogen and oxygen atoms in total. The van der Waals surface area contributed by atoms with Crippen molar-refractivity contribution in [3.05, 3.63) is 35.4 Å². The summed E-state index contributed by atoms with van der Waals surface area (Å²) in [6, 6.07) is 2.08. The lowest BCUT2D eigenvalue weighted by Crippen LogP contribution is -2.42. The predicted octanol–water partition coefficient (Wildman–Crippen LogP) is 1.14. The summed E-state index contributed by atoms with van der Waals surface area (Å²) in [5.41, 5.74) is 0.0665. The van der Waals surface area contributed by atoms with Gasteiger partial charge in [-0.3, -0.25) is 0 Å². The van der Waals surface area contributed by atoms with Gasteiger partial charge >= 0.3 is 6.03 Å². The first kappa shape index (κ1) is 13.4. The van der Waals surface area contributed by atoms with Crippen LogP contribution in [0.2, 0.25) is 0 Å². The van der Waals surface area contributed by atoms with E-state index in [0.29, 0.717) is 0 Å². The standard InChI is InChI=1S/C11H14F2N2O2/c1-7(6-16)15-11(17)14-5-8-4-9(12)2-3-10(8)13/h2-4,7,16H,5-6H2,1H3,(H2,14,15,17). The third kappa shape index (κ3) is 4.36. The molecule has 0 aliphatic rings. The SMILES string of the molecule is CC(CO)NC(=O)NCc1cc(F)ccc1F. The molecule has 3 N–H and O–H groups in total. The van der Waals surface area contributed by atoms with Crippen LogP contribution in [0.15, 0.2) is 18.2 Å². The molecule has 0 aromatic heterocycles. The summed E-state index contributed by atoms with van der Waals surface area (Å²) in [7, 11) is 0. The van der Waals surface area contributed by atoms with Crippen molar-refractivity contribution in [2.45, 2.75) is 19.5 Å². The van der Waals surface area contributed by atoms with Crippen molar-refractivity contribution in [3.8, 4) is 0 Å². The van der Waals surface area contributed by atoms with Crippen LogP contribution in [0.1, 0.15) is 12.5 Å². The van der Waals surface area contributed by atoms with E-state index in [1.807, 2.05) is 0 Å². The maximum absolute atomic E-state index is 13.2. The Balaban J connectivity index is 2.50. The zero-order chi connectivity index (χ0) is 12.8. The number of rotatable bonds is 4. The molecule has 0 bridgehead atoms. The molecule has 0 heterocycles. The maximum Gasteiger partial charge on any atom is 0.315 e. The van der Waals surface area contributed by atoms with E-state index in [0.717, 1.165) is 18.2 Å². The van der Waals surface area contributed by atoms with Crippen LogP contribution in [0.3, 0.4) is 0 Å². The lowest BCUT2D eigenvalue weighted by Gasteiger charge is -2.12. The lowest BCUT2D eigenvalue weighted by molar-refractivity contribution is 0.220. The van der Waals surface area contributed by atoms with E-state index in [4.69, 9.17) is 5.11 Å². The van der Waals surface area contributed by atoms with Gasteiger partial charge in [0.1, 0.15) is 11.6 Å². The second-order valence-electron chi connectivity index (χ2n) is 3.65. The van der Waals surface area contributed by atoms with Gasteiger partial charge in [-0.15, -0.1) is 0 Å². The van der Waals surface area contributed by atoms with Crippen molar-refractivity contribution in [1.82, 2.24) is 10.6 Å². The Labute approximate surface area is 97.6 Å². The topological polar surface area (TPSA) is 61.4 Å². The van der Waals surface area contributed by atoms with Gasteiger partial charge in [-0.1, -0.05) is 0 Å².